The lowest BCUT2D eigenvalue weighted by Gasteiger charge is -2.08. The number of carbonyl (C=O) groups is 1. The molecule has 0 heterocycles. The number of hydrogen-bond donors (Lipinski definition) is 2. The number of benzene rings is 2. The number of amides is 1. The van der Waals surface area contributed by atoms with Gasteiger partial charge in [0.25, 0.3) is 5.91 Å². The largest absolute Gasteiger partial charge is 0.389 e. The van der Waals surface area contributed by atoms with Crippen molar-refractivity contribution < 1.29 is 9.18 Å². The molecule has 0 aromatic heterocycles. The Labute approximate surface area is 135 Å². The van der Waals surface area contributed by atoms with Crippen LogP contribution < -0.4 is 11.1 Å². The van der Waals surface area contributed by atoms with Gasteiger partial charge in [0.15, 0.2) is 0 Å². The predicted molar refractivity (Wildman–Crippen MR) is 87.6 cm³/mol. The third-order valence-electron chi connectivity index (χ3n) is 2.84. The first-order chi connectivity index (χ1) is 9.97. The average molecular weight is 367 g/mol. The molecule has 2 aromatic carbocycles. The first-order valence-corrected chi connectivity index (χ1v) is 7.29. The average Bonchev–Trinajstić information content (AvgIpc) is 2.45. The van der Waals surface area contributed by atoms with E-state index in [1.54, 1.807) is 24.3 Å². The summed E-state index contributed by atoms with van der Waals surface area (Å²) in [6.45, 7) is 0.269. The molecule has 0 aliphatic rings. The summed E-state index contributed by atoms with van der Waals surface area (Å²) in [5, 5.41) is 2.66. The van der Waals surface area contributed by atoms with Gasteiger partial charge < -0.3 is 11.1 Å². The van der Waals surface area contributed by atoms with Gasteiger partial charge in [-0.15, -0.1) is 0 Å². The van der Waals surface area contributed by atoms with Gasteiger partial charge in [0.1, 0.15) is 10.8 Å². The Morgan fingerprint density at radius 1 is 1.29 bits per heavy atom. The van der Waals surface area contributed by atoms with Gasteiger partial charge >= 0.3 is 0 Å². The van der Waals surface area contributed by atoms with E-state index in [4.69, 9.17) is 18.0 Å². The normalized spacial score (nSPS) is 10.2. The van der Waals surface area contributed by atoms with Crippen molar-refractivity contribution in [3.05, 3.63) is 69.4 Å². The summed E-state index contributed by atoms with van der Waals surface area (Å²) >= 11 is 8.05. The first-order valence-electron chi connectivity index (χ1n) is 6.09. The Balaban J connectivity index is 2.07. The van der Waals surface area contributed by atoms with Crippen LogP contribution in [0.2, 0.25) is 0 Å². The van der Waals surface area contributed by atoms with Gasteiger partial charge in [-0.2, -0.15) is 0 Å². The van der Waals surface area contributed by atoms with E-state index in [0.717, 1.165) is 11.1 Å². The predicted octanol–water partition coefficient (Wildman–Crippen LogP) is 3.15. The van der Waals surface area contributed by atoms with Gasteiger partial charge in [0.2, 0.25) is 0 Å². The fraction of sp³-hybridized carbons (Fsp3) is 0.0667. The molecule has 0 aliphatic heterocycles. The molecule has 6 heteroatoms. The number of halogens is 2. The summed E-state index contributed by atoms with van der Waals surface area (Å²) in [6, 6.07) is 11.5. The molecule has 2 rings (SSSR count). The van der Waals surface area contributed by atoms with Crippen molar-refractivity contribution in [2.75, 3.05) is 0 Å². The van der Waals surface area contributed by atoms with Crippen LogP contribution in [0.3, 0.4) is 0 Å². The second-order valence-corrected chi connectivity index (χ2v) is 5.73. The highest BCUT2D eigenvalue weighted by atomic mass is 79.9. The Bertz CT molecular complexity index is 706. The highest BCUT2D eigenvalue weighted by molar-refractivity contribution is 9.10. The number of carbonyl (C=O) groups excluding carboxylic acids is 1. The van der Waals surface area contributed by atoms with Gasteiger partial charge in [-0.3, -0.25) is 4.79 Å². The van der Waals surface area contributed by atoms with Crippen molar-refractivity contribution >= 4 is 39.0 Å². The molecule has 0 unspecified atom stereocenters. The molecule has 0 spiro atoms. The van der Waals surface area contributed by atoms with Crippen LogP contribution in [0, 0.1) is 5.82 Å². The quantitative estimate of drug-likeness (QED) is 0.817. The summed E-state index contributed by atoms with van der Waals surface area (Å²) in [4.78, 5) is 12.2. The molecule has 1 amide bonds. The third-order valence-corrected chi connectivity index (χ3v) is 3.57. The maximum atomic E-state index is 13.7. The van der Waals surface area contributed by atoms with Crippen LogP contribution in [0.1, 0.15) is 21.5 Å². The minimum Gasteiger partial charge on any atom is -0.389 e. The van der Waals surface area contributed by atoms with Crippen molar-refractivity contribution in [3.8, 4) is 0 Å². The molecule has 0 bridgehead atoms. The lowest BCUT2D eigenvalue weighted by Crippen LogP contribution is -2.24. The monoisotopic (exact) mass is 366 g/mol. The second kappa shape index (κ2) is 6.78. The van der Waals surface area contributed by atoms with E-state index >= 15 is 0 Å². The van der Waals surface area contributed by atoms with Crippen LogP contribution in [-0.2, 0) is 6.54 Å². The Kier molecular flexibility index (Phi) is 5.03. The van der Waals surface area contributed by atoms with Crippen molar-refractivity contribution in [2.24, 2.45) is 5.73 Å². The molecule has 2 aromatic rings. The first kappa shape index (κ1) is 15.6. The minimum atomic E-state index is -0.571. The zero-order valence-corrected chi connectivity index (χ0v) is 13.3. The molecule has 0 atom stereocenters. The Hall–Kier alpha value is -1.79. The SMILES string of the molecule is NC(=S)c1cccc(CNC(=O)c2ccc(Br)cc2F)c1. The van der Waals surface area contributed by atoms with E-state index in [-0.39, 0.29) is 12.1 Å². The molecule has 108 valence electrons. The summed E-state index contributed by atoms with van der Waals surface area (Å²) in [5.74, 6) is -1.04. The summed E-state index contributed by atoms with van der Waals surface area (Å²) in [5.41, 5.74) is 7.12. The van der Waals surface area contributed by atoms with Crippen molar-refractivity contribution in [1.82, 2.24) is 5.32 Å². The minimum absolute atomic E-state index is 0.00343. The van der Waals surface area contributed by atoms with Gasteiger partial charge in [0.05, 0.1) is 5.56 Å². The van der Waals surface area contributed by atoms with E-state index in [1.165, 1.54) is 12.1 Å². The molecular weight excluding hydrogens is 355 g/mol. The number of rotatable bonds is 4. The fourth-order valence-electron chi connectivity index (χ4n) is 1.79. The molecule has 0 saturated carbocycles. The number of nitrogens with one attached hydrogen (secondary N) is 1. The van der Waals surface area contributed by atoms with Crippen LogP contribution in [0.5, 0.6) is 0 Å². The van der Waals surface area contributed by atoms with Gasteiger partial charge in [-0.1, -0.05) is 46.3 Å². The standard InChI is InChI=1S/C15H12BrFN2OS/c16-11-4-5-12(13(17)7-11)15(20)19-8-9-2-1-3-10(6-9)14(18)21/h1-7H,8H2,(H2,18,21)(H,19,20). The highest BCUT2D eigenvalue weighted by Gasteiger charge is 2.11. The summed E-state index contributed by atoms with van der Waals surface area (Å²) < 4.78 is 14.3. The number of hydrogen-bond acceptors (Lipinski definition) is 2. The van der Waals surface area contributed by atoms with E-state index in [2.05, 4.69) is 21.2 Å². The van der Waals surface area contributed by atoms with Crippen molar-refractivity contribution in [2.45, 2.75) is 6.54 Å². The third kappa shape index (κ3) is 4.09. The van der Waals surface area contributed by atoms with Gasteiger partial charge in [-0.25, -0.2) is 4.39 Å². The molecular formula is C15H12BrFN2OS. The molecule has 0 radical (unpaired) electrons. The maximum absolute atomic E-state index is 13.7. The van der Waals surface area contributed by atoms with Gasteiger partial charge in [0, 0.05) is 16.6 Å². The fourth-order valence-corrected chi connectivity index (χ4v) is 2.25. The van der Waals surface area contributed by atoms with Crippen molar-refractivity contribution in [1.29, 1.82) is 0 Å². The Morgan fingerprint density at radius 2 is 2.05 bits per heavy atom. The smallest absolute Gasteiger partial charge is 0.254 e. The zero-order valence-electron chi connectivity index (χ0n) is 10.9. The molecule has 21 heavy (non-hydrogen) atoms. The van der Waals surface area contributed by atoms with E-state index in [0.29, 0.717) is 9.46 Å². The summed E-state index contributed by atoms with van der Waals surface area (Å²) in [6.07, 6.45) is 0. The van der Waals surface area contributed by atoms with E-state index < -0.39 is 11.7 Å². The van der Waals surface area contributed by atoms with E-state index in [1.807, 2.05) is 6.07 Å². The number of thiocarbonyl (C=S) groups is 1. The summed E-state index contributed by atoms with van der Waals surface area (Å²) in [7, 11) is 0. The molecule has 3 nitrogen and oxygen atoms in total. The van der Waals surface area contributed by atoms with Crippen LogP contribution in [0.25, 0.3) is 0 Å². The topological polar surface area (TPSA) is 55.1 Å². The maximum Gasteiger partial charge on any atom is 0.254 e. The Morgan fingerprint density at radius 3 is 2.71 bits per heavy atom. The van der Waals surface area contributed by atoms with Crippen LogP contribution in [0.4, 0.5) is 4.39 Å². The van der Waals surface area contributed by atoms with Crippen LogP contribution >= 0.6 is 28.1 Å². The molecule has 0 aliphatic carbocycles. The van der Waals surface area contributed by atoms with Crippen LogP contribution in [0.15, 0.2) is 46.9 Å². The highest BCUT2D eigenvalue weighted by Crippen LogP contribution is 2.15. The zero-order chi connectivity index (χ0) is 15.4. The van der Waals surface area contributed by atoms with Gasteiger partial charge in [-0.05, 0) is 29.8 Å². The van der Waals surface area contributed by atoms with E-state index in [9.17, 15) is 9.18 Å². The van der Waals surface area contributed by atoms with Crippen LogP contribution in [-0.4, -0.2) is 10.9 Å². The lowest BCUT2D eigenvalue weighted by atomic mass is 10.1. The second-order valence-electron chi connectivity index (χ2n) is 4.37. The molecule has 0 saturated heterocycles. The molecule has 0 fully saturated rings. The number of nitrogens with two attached hydrogens (primary N) is 1. The van der Waals surface area contributed by atoms with Crippen molar-refractivity contribution in [3.63, 3.8) is 0 Å². The lowest BCUT2D eigenvalue weighted by molar-refractivity contribution is 0.0947. The molecule has 3 N–H and O–H groups in total.